The molecule has 4 rings (SSSR count). The van der Waals surface area contributed by atoms with Crippen LogP contribution < -0.4 is 5.32 Å². The Morgan fingerprint density at radius 1 is 1.31 bits per heavy atom. The van der Waals surface area contributed by atoms with Crippen molar-refractivity contribution in [1.82, 2.24) is 24.9 Å². The number of aryl methyl sites for hydroxylation is 1. The van der Waals surface area contributed by atoms with Crippen LogP contribution in [0.15, 0.2) is 30.7 Å². The standard InChI is InChI=1S/C19H15F3N6O/c1-10-5-15(12-6-13(23-2)8-24-7-12)26-17-14(9-25-28(10)17)18(29)27-16(11-3-4-11)19(20,21)22/h5-9,11,16H,3-4H2,1H3,(H,27,29)/t16-/m0/s1. The van der Waals surface area contributed by atoms with Gasteiger partial charge in [0, 0.05) is 23.7 Å². The van der Waals surface area contributed by atoms with Crippen LogP contribution in [-0.4, -0.2) is 37.7 Å². The van der Waals surface area contributed by atoms with Crippen molar-refractivity contribution in [2.45, 2.75) is 32.0 Å². The molecule has 3 aromatic rings. The number of hydrogen-bond donors (Lipinski definition) is 1. The van der Waals surface area contributed by atoms with Gasteiger partial charge in [-0.3, -0.25) is 9.78 Å². The third-order valence-corrected chi connectivity index (χ3v) is 4.78. The fourth-order valence-corrected chi connectivity index (χ4v) is 3.17. The molecular weight excluding hydrogens is 385 g/mol. The highest BCUT2D eigenvalue weighted by Gasteiger charge is 2.49. The molecule has 1 N–H and O–H groups in total. The molecule has 0 unspecified atom stereocenters. The topological polar surface area (TPSA) is 76.5 Å². The fraction of sp³-hybridized carbons (Fsp3) is 0.316. The molecule has 1 aliphatic rings. The lowest BCUT2D eigenvalue weighted by atomic mass is 10.1. The molecule has 0 spiro atoms. The zero-order valence-corrected chi connectivity index (χ0v) is 15.2. The first kappa shape index (κ1) is 18.9. The number of nitrogens with one attached hydrogen (secondary N) is 1. The van der Waals surface area contributed by atoms with E-state index in [9.17, 15) is 18.0 Å². The van der Waals surface area contributed by atoms with Crippen molar-refractivity contribution < 1.29 is 18.0 Å². The predicted molar refractivity (Wildman–Crippen MR) is 97.3 cm³/mol. The van der Waals surface area contributed by atoms with Gasteiger partial charge in [0.25, 0.3) is 5.91 Å². The Morgan fingerprint density at radius 3 is 2.72 bits per heavy atom. The minimum atomic E-state index is -4.51. The normalized spacial score (nSPS) is 15.1. The summed E-state index contributed by atoms with van der Waals surface area (Å²) in [4.78, 5) is 24.3. The first-order chi connectivity index (χ1) is 13.8. The maximum atomic E-state index is 13.3. The van der Waals surface area contributed by atoms with Gasteiger partial charge in [-0.1, -0.05) is 0 Å². The third-order valence-electron chi connectivity index (χ3n) is 4.78. The highest BCUT2D eigenvalue weighted by molar-refractivity contribution is 6.00. The number of carbonyl (C=O) groups excluding carboxylic acids is 1. The molecule has 7 nitrogen and oxygen atoms in total. The summed E-state index contributed by atoms with van der Waals surface area (Å²) < 4.78 is 41.2. The number of amides is 1. The molecule has 0 radical (unpaired) electrons. The third kappa shape index (κ3) is 3.63. The van der Waals surface area contributed by atoms with Crippen LogP contribution in [0.3, 0.4) is 0 Å². The molecule has 1 atom stereocenters. The largest absolute Gasteiger partial charge is 0.408 e. The molecule has 29 heavy (non-hydrogen) atoms. The lowest BCUT2D eigenvalue weighted by Crippen LogP contribution is -2.46. The van der Waals surface area contributed by atoms with Gasteiger partial charge in [-0.15, -0.1) is 0 Å². The van der Waals surface area contributed by atoms with E-state index in [4.69, 9.17) is 6.57 Å². The highest BCUT2D eigenvalue weighted by atomic mass is 19.4. The van der Waals surface area contributed by atoms with Gasteiger partial charge >= 0.3 is 6.18 Å². The molecule has 0 bridgehead atoms. The van der Waals surface area contributed by atoms with E-state index in [1.807, 2.05) is 0 Å². The fourth-order valence-electron chi connectivity index (χ4n) is 3.17. The molecule has 3 aromatic heterocycles. The molecule has 1 fully saturated rings. The number of halogens is 3. The maximum absolute atomic E-state index is 13.3. The van der Waals surface area contributed by atoms with Gasteiger partial charge in [0.1, 0.15) is 11.6 Å². The number of carbonyl (C=O) groups is 1. The van der Waals surface area contributed by atoms with Crippen LogP contribution in [0.5, 0.6) is 0 Å². The van der Waals surface area contributed by atoms with Crippen LogP contribution in [-0.2, 0) is 0 Å². The maximum Gasteiger partial charge on any atom is 0.408 e. The van der Waals surface area contributed by atoms with Crippen LogP contribution in [0, 0.1) is 19.4 Å². The number of hydrogen-bond acceptors (Lipinski definition) is 4. The molecular formula is C19H15F3N6O. The van der Waals surface area contributed by atoms with E-state index in [1.165, 1.54) is 23.1 Å². The molecule has 1 aliphatic carbocycles. The number of fused-ring (bicyclic) bond motifs is 1. The van der Waals surface area contributed by atoms with Gasteiger partial charge in [-0.05, 0) is 37.8 Å². The average Bonchev–Trinajstić information content (AvgIpc) is 3.42. The van der Waals surface area contributed by atoms with Crippen molar-refractivity contribution in [1.29, 1.82) is 0 Å². The quantitative estimate of drug-likeness (QED) is 0.678. The second-order valence-corrected chi connectivity index (χ2v) is 6.95. The summed E-state index contributed by atoms with van der Waals surface area (Å²) in [7, 11) is 0. The Hall–Kier alpha value is -3.48. The SMILES string of the molecule is [C-]#[N+]c1cncc(-c2cc(C)n3ncc(C(=O)N[C@@H](C4CC4)C(F)(F)F)c3n2)c1. The molecule has 1 amide bonds. The second-order valence-electron chi connectivity index (χ2n) is 6.95. The average molecular weight is 400 g/mol. The Kier molecular flexibility index (Phi) is 4.45. The molecule has 148 valence electrons. The van der Waals surface area contributed by atoms with Crippen molar-refractivity contribution in [3.8, 4) is 11.3 Å². The number of pyridine rings is 1. The first-order valence-electron chi connectivity index (χ1n) is 8.84. The zero-order chi connectivity index (χ0) is 20.8. The minimum absolute atomic E-state index is 0.0425. The molecule has 0 aromatic carbocycles. The first-order valence-corrected chi connectivity index (χ1v) is 8.84. The molecule has 1 saturated carbocycles. The van der Waals surface area contributed by atoms with Crippen LogP contribution in [0.1, 0.15) is 28.9 Å². The summed E-state index contributed by atoms with van der Waals surface area (Å²) >= 11 is 0. The van der Waals surface area contributed by atoms with Crippen molar-refractivity contribution in [2.75, 3.05) is 0 Å². The van der Waals surface area contributed by atoms with Gasteiger partial charge in [0.05, 0.1) is 18.5 Å². The van der Waals surface area contributed by atoms with E-state index in [1.54, 1.807) is 19.1 Å². The monoisotopic (exact) mass is 400 g/mol. The molecule has 0 aliphatic heterocycles. The number of aromatic nitrogens is 4. The van der Waals surface area contributed by atoms with E-state index >= 15 is 0 Å². The summed E-state index contributed by atoms with van der Waals surface area (Å²) in [5.41, 5.74) is 2.05. The van der Waals surface area contributed by atoms with Crippen molar-refractivity contribution in [3.05, 3.63) is 53.4 Å². The van der Waals surface area contributed by atoms with Gasteiger partial charge in [-0.2, -0.15) is 18.3 Å². The lowest BCUT2D eigenvalue weighted by molar-refractivity contribution is -0.158. The Morgan fingerprint density at radius 2 is 2.07 bits per heavy atom. The second kappa shape index (κ2) is 6.84. The number of nitrogens with zero attached hydrogens (tertiary/aromatic N) is 5. The predicted octanol–water partition coefficient (Wildman–Crippen LogP) is 3.72. The lowest BCUT2D eigenvalue weighted by Gasteiger charge is -2.20. The van der Waals surface area contributed by atoms with E-state index in [-0.39, 0.29) is 11.2 Å². The van der Waals surface area contributed by atoms with Crippen LogP contribution in [0.2, 0.25) is 0 Å². The molecule has 0 saturated heterocycles. The zero-order valence-electron chi connectivity index (χ0n) is 15.2. The summed E-state index contributed by atoms with van der Waals surface area (Å²) in [6.45, 7) is 8.84. The smallest absolute Gasteiger partial charge is 0.340 e. The Balaban J connectivity index is 1.73. The Bertz CT molecular complexity index is 1140. The number of rotatable bonds is 4. The van der Waals surface area contributed by atoms with E-state index < -0.39 is 24.0 Å². The van der Waals surface area contributed by atoms with E-state index in [0.717, 1.165) is 0 Å². The summed E-state index contributed by atoms with van der Waals surface area (Å²) in [5, 5.41) is 6.19. The number of alkyl halides is 3. The van der Waals surface area contributed by atoms with Gasteiger partial charge in [0.2, 0.25) is 5.69 Å². The van der Waals surface area contributed by atoms with Crippen molar-refractivity contribution >= 4 is 17.2 Å². The molecule has 3 heterocycles. The van der Waals surface area contributed by atoms with Crippen LogP contribution in [0.25, 0.3) is 21.7 Å². The van der Waals surface area contributed by atoms with Gasteiger partial charge in [0.15, 0.2) is 5.65 Å². The summed E-state index contributed by atoms with van der Waals surface area (Å²) in [6.07, 6.45) is 0.504. The van der Waals surface area contributed by atoms with Crippen LogP contribution >= 0.6 is 0 Å². The summed E-state index contributed by atoms with van der Waals surface area (Å²) in [6, 6.07) is 1.42. The van der Waals surface area contributed by atoms with Gasteiger partial charge < -0.3 is 5.32 Å². The Labute approximate surface area is 163 Å². The minimum Gasteiger partial charge on any atom is -0.340 e. The molecule has 10 heteroatoms. The van der Waals surface area contributed by atoms with Crippen molar-refractivity contribution in [2.24, 2.45) is 5.92 Å². The summed E-state index contributed by atoms with van der Waals surface area (Å²) in [5.74, 6) is -1.46. The highest BCUT2D eigenvalue weighted by Crippen LogP contribution is 2.40. The van der Waals surface area contributed by atoms with Crippen molar-refractivity contribution in [3.63, 3.8) is 0 Å². The van der Waals surface area contributed by atoms with Crippen LogP contribution in [0.4, 0.5) is 18.9 Å². The van der Waals surface area contributed by atoms with E-state index in [0.29, 0.717) is 35.5 Å². The van der Waals surface area contributed by atoms with Gasteiger partial charge in [-0.25, -0.2) is 14.3 Å². The van der Waals surface area contributed by atoms with E-state index in [2.05, 4.69) is 25.2 Å².